The number of halogens is 4. The van der Waals surface area contributed by atoms with E-state index >= 15 is 0 Å². The lowest BCUT2D eigenvalue weighted by molar-refractivity contribution is -0.141. The fourth-order valence-electron chi connectivity index (χ4n) is 2.17. The van der Waals surface area contributed by atoms with Gasteiger partial charge in [-0.15, -0.1) is 11.8 Å². The van der Waals surface area contributed by atoms with Gasteiger partial charge in [0.2, 0.25) is 5.28 Å². The lowest BCUT2D eigenvalue weighted by atomic mass is 10.2. The smallest absolute Gasteiger partial charge is 0.365 e. The number of thioether (sulfide) groups is 1. The van der Waals surface area contributed by atoms with Gasteiger partial charge in [-0.2, -0.15) is 18.2 Å². The largest absolute Gasteiger partial charge is 0.433 e. The summed E-state index contributed by atoms with van der Waals surface area (Å²) in [4.78, 5) is 12.5. The van der Waals surface area contributed by atoms with Crippen LogP contribution < -0.4 is 5.32 Å². The Morgan fingerprint density at radius 2 is 2.14 bits per heavy atom. The molecule has 1 N–H and O–H groups in total. The highest BCUT2D eigenvalue weighted by Gasteiger charge is 2.35. The maximum Gasteiger partial charge on any atom is 0.433 e. The highest BCUT2D eigenvalue weighted by atomic mass is 35.5. The number of nitrogens with zero attached hydrogens (tertiary/aromatic N) is 3. The van der Waals surface area contributed by atoms with E-state index in [1.807, 2.05) is 0 Å². The van der Waals surface area contributed by atoms with Crippen molar-refractivity contribution in [3.63, 3.8) is 0 Å². The zero-order chi connectivity index (χ0) is 15.7. The normalized spacial score (nSPS) is 14.0. The van der Waals surface area contributed by atoms with Crippen LogP contribution in [0.3, 0.4) is 0 Å². The van der Waals surface area contributed by atoms with Crippen molar-refractivity contribution in [2.24, 2.45) is 0 Å². The fraction of sp³-hybridized carbons (Fsp3) is 0.308. The van der Waals surface area contributed by atoms with Crippen LogP contribution in [0.5, 0.6) is 0 Å². The maximum absolute atomic E-state index is 12.9. The molecule has 0 unspecified atom stereocenters. The van der Waals surface area contributed by atoms with Crippen LogP contribution in [0.2, 0.25) is 5.28 Å². The Labute approximate surface area is 133 Å². The first-order chi connectivity index (χ1) is 10.4. The molecule has 0 spiro atoms. The first kappa shape index (κ1) is 15.4. The number of nitrogens with one attached hydrogen (secondary N) is 1. The number of aromatic nitrogens is 3. The van der Waals surface area contributed by atoms with E-state index in [1.54, 1.807) is 11.8 Å². The second kappa shape index (κ2) is 5.92. The van der Waals surface area contributed by atoms with Crippen LogP contribution in [0, 0.1) is 0 Å². The van der Waals surface area contributed by atoms with Gasteiger partial charge in [0, 0.05) is 30.5 Å². The molecular formula is C13H10ClF3N4S. The van der Waals surface area contributed by atoms with Crippen molar-refractivity contribution in [3.8, 4) is 0 Å². The van der Waals surface area contributed by atoms with Crippen LogP contribution in [0.25, 0.3) is 0 Å². The van der Waals surface area contributed by atoms with Gasteiger partial charge in [-0.05, 0) is 17.7 Å². The number of alkyl halides is 3. The van der Waals surface area contributed by atoms with E-state index in [9.17, 15) is 13.2 Å². The van der Waals surface area contributed by atoms with Gasteiger partial charge >= 0.3 is 6.18 Å². The summed E-state index contributed by atoms with van der Waals surface area (Å²) < 4.78 is 38.8. The first-order valence-electron chi connectivity index (χ1n) is 6.39. The minimum Gasteiger partial charge on any atom is -0.365 e. The highest BCUT2D eigenvalue weighted by Crippen LogP contribution is 2.36. The first-order valence-corrected chi connectivity index (χ1v) is 7.75. The van der Waals surface area contributed by atoms with Crippen LogP contribution in [-0.2, 0) is 19.1 Å². The van der Waals surface area contributed by atoms with Gasteiger partial charge in [0.05, 0.1) is 10.6 Å². The van der Waals surface area contributed by atoms with E-state index in [-0.39, 0.29) is 17.4 Å². The lowest BCUT2D eigenvalue weighted by Gasteiger charge is -2.13. The molecule has 0 radical (unpaired) electrons. The topological polar surface area (TPSA) is 50.7 Å². The van der Waals surface area contributed by atoms with Crippen molar-refractivity contribution in [3.05, 3.63) is 40.6 Å². The molecule has 0 saturated heterocycles. The molecule has 116 valence electrons. The van der Waals surface area contributed by atoms with Crippen molar-refractivity contribution in [1.29, 1.82) is 0 Å². The quantitative estimate of drug-likeness (QED) is 0.857. The number of pyridine rings is 1. The molecule has 1 aliphatic rings. The van der Waals surface area contributed by atoms with Gasteiger partial charge in [0.25, 0.3) is 0 Å². The minimum atomic E-state index is -4.49. The van der Waals surface area contributed by atoms with Crippen LogP contribution in [0.1, 0.15) is 17.0 Å². The predicted octanol–water partition coefficient (Wildman–Crippen LogP) is 3.80. The van der Waals surface area contributed by atoms with E-state index in [1.165, 1.54) is 12.1 Å². The summed E-state index contributed by atoms with van der Waals surface area (Å²) in [7, 11) is 0. The monoisotopic (exact) mass is 346 g/mol. The van der Waals surface area contributed by atoms with Crippen LogP contribution in [0.15, 0.2) is 23.2 Å². The van der Waals surface area contributed by atoms with Gasteiger partial charge in [0.15, 0.2) is 0 Å². The molecule has 0 fully saturated rings. The molecule has 22 heavy (non-hydrogen) atoms. The molecule has 2 aromatic rings. The van der Waals surface area contributed by atoms with Gasteiger partial charge < -0.3 is 5.32 Å². The second-order valence-electron chi connectivity index (χ2n) is 4.58. The van der Waals surface area contributed by atoms with Gasteiger partial charge in [-0.25, -0.2) is 4.98 Å². The summed E-state index contributed by atoms with van der Waals surface area (Å²) in [5.74, 6) is 1.33. The van der Waals surface area contributed by atoms with Gasteiger partial charge in [0.1, 0.15) is 11.5 Å². The fourth-order valence-corrected chi connectivity index (χ4v) is 3.43. The molecule has 0 aromatic carbocycles. The van der Waals surface area contributed by atoms with Crippen LogP contribution >= 0.6 is 23.4 Å². The van der Waals surface area contributed by atoms with Crippen molar-refractivity contribution < 1.29 is 13.2 Å². The Bertz CT molecular complexity index is 708. The summed E-state index contributed by atoms with van der Waals surface area (Å²) in [5, 5.41) is 3.01. The molecule has 0 amide bonds. The van der Waals surface area contributed by atoms with Crippen molar-refractivity contribution in [1.82, 2.24) is 15.0 Å². The Kier molecular flexibility index (Phi) is 4.14. The van der Waals surface area contributed by atoms with E-state index in [4.69, 9.17) is 11.6 Å². The third-order valence-electron chi connectivity index (χ3n) is 3.10. The second-order valence-corrected chi connectivity index (χ2v) is 6.02. The molecule has 0 bridgehead atoms. The summed E-state index contributed by atoms with van der Waals surface area (Å²) in [5.41, 5.74) is -0.0110. The summed E-state index contributed by atoms with van der Waals surface area (Å²) in [6, 6.07) is 2.86. The van der Waals surface area contributed by atoms with Gasteiger partial charge in [-0.3, -0.25) is 4.98 Å². The Morgan fingerprint density at radius 3 is 2.91 bits per heavy atom. The molecule has 0 saturated carbocycles. The molecule has 1 aliphatic heterocycles. The molecule has 4 nitrogen and oxygen atoms in total. The molecule has 2 aromatic heterocycles. The molecule has 3 rings (SSSR count). The van der Waals surface area contributed by atoms with E-state index in [0.717, 1.165) is 29.0 Å². The number of aryl methyl sites for hydroxylation is 1. The minimum absolute atomic E-state index is 0.0387. The number of anilines is 1. The third-order valence-corrected chi connectivity index (χ3v) is 4.39. The van der Waals surface area contributed by atoms with Crippen molar-refractivity contribution in [2.45, 2.75) is 24.0 Å². The number of rotatable bonds is 3. The third kappa shape index (κ3) is 3.12. The Hall–Kier alpha value is -1.54. The summed E-state index contributed by atoms with van der Waals surface area (Å²) in [6.07, 6.45) is -2.59. The SMILES string of the molecule is FC(F)(F)c1ncccc1CNc1nc(Cl)nc2c1SCC2. The van der Waals surface area contributed by atoms with Gasteiger partial charge in [-0.1, -0.05) is 6.07 Å². The van der Waals surface area contributed by atoms with E-state index in [0.29, 0.717) is 5.82 Å². The molecule has 3 heterocycles. The van der Waals surface area contributed by atoms with Crippen LogP contribution in [-0.4, -0.2) is 20.7 Å². The molecule has 0 atom stereocenters. The average molecular weight is 347 g/mol. The summed E-state index contributed by atoms with van der Waals surface area (Å²) in [6.45, 7) is -0.0387. The lowest BCUT2D eigenvalue weighted by Crippen LogP contribution is -2.14. The highest BCUT2D eigenvalue weighted by molar-refractivity contribution is 7.99. The molecule has 9 heteroatoms. The van der Waals surface area contributed by atoms with Crippen molar-refractivity contribution in [2.75, 3.05) is 11.1 Å². The van der Waals surface area contributed by atoms with E-state index < -0.39 is 11.9 Å². The molecular weight excluding hydrogens is 337 g/mol. The van der Waals surface area contributed by atoms with E-state index in [2.05, 4.69) is 20.3 Å². The summed E-state index contributed by atoms with van der Waals surface area (Å²) >= 11 is 7.41. The maximum atomic E-state index is 12.9. The standard InChI is InChI=1S/C13H10ClF3N4S/c14-12-20-8-3-5-22-9(8)11(21-12)19-6-7-2-1-4-18-10(7)13(15,16)17/h1-2,4H,3,5-6H2,(H,19,20,21). The van der Waals surface area contributed by atoms with Crippen LogP contribution in [0.4, 0.5) is 19.0 Å². The van der Waals surface area contributed by atoms with Crippen molar-refractivity contribution >= 4 is 29.2 Å². The number of hydrogen-bond donors (Lipinski definition) is 1. The molecule has 0 aliphatic carbocycles. The Balaban J connectivity index is 1.85. The average Bonchev–Trinajstić information content (AvgIpc) is 2.92. The Morgan fingerprint density at radius 1 is 1.32 bits per heavy atom. The number of fused-ring (bicyclic) bond motifs is 1. The number of hydrogen-bond acceptors (Lipinski definition) is 5. The zero-order valence-corrected chi connectivity index (χ0v) is 12.7. The predicted molar refractivity (Wildman–Crippen MR) is 78.0 cm³/mol. The zero-order valence-electron chi connectivity index (χ0n) is 11.1.